The van der Waals surface area contributed by atoms with Crippen molar-refractivity contribution in [2.45, 2.75) is 20.4 Å². The summed E-state index contributed by atoms with van der Waals surface area (Å²) in [7, 11) is 0. The van der Waals surface area contributed by atoms with E-state index in [4.69, 9.17) is 16.3 Å². The van der Waals surface area contributed by atoms with Crippen LogP contribution in [-0.2, 0) is 6.54 Å². The Morgan fingerprint density at radius 3 is 2.83 bits per heavy atom. The summed E-state index contributed by atoms with van der Waals surface area (Å²) < 4.78 is 6.48. The standard InChI is InChI=1S/C14H19BrClNO/c1-10(2)7-17-8-12-6-13(16)4-5-14(12)18-9-11(3)15/h4-6,10,17H,3,7-9H2,1-2H3. The van der Waals surface area contributed by atoms with Crippen molar-refractivity contribution in [2.24, 2.45) is 5.92 Å². The van der Waals surface area contributed by atoms with Crippen molar-refractivity contribution in [1.82, 2.24) is 5.32 Å². The predicted molar refractivity (Wildman–Crippen MR) is 81.6 cm³/mol. The van der Waals surface area contributed by atoms with E-state index in [9.17, 15) is 0 Å². The lowest BCUT2D eigenvalue weighted by Crippen LogP contribution is -2.19. The quantitative estimate of drug-likeness (QED) is 0.800. The van der Waals surface area contributed by atoms with Crippen LogP contribution in [0, 0.1) is 5.92 Å². The minimum absolute atomic E-state index is 0.457. The highest BCUT2D eigenvalue weighted by Crippen LogP contribution is 2.23. The molecule has 0 bridgehead atoms. The number of halogens is 2. The molecule has 2 nitrogen and oxygen atoms in total. The summed E-state index contributed by atoms with van der Waals surface area (Å²) in [5, 5.41) is 4.11. The molecule has 1 rings (SSSR count). The first kappa shape index (κ1) is 15.5. The second kappa shape index (κ2) is 7.82. The summed E-state index contributed by atoms with van der Waals surface area (Å²) in [6.45, 7) is 10.3. The topological polar surface area (TPSA) is 21.3 Å². The minimum Gasteiger partial charge on any atom is -0.488 e. The van der Waals surface area contributed by atoms with Gasteiger partial charge in [0.25, 0.3) is 0 Å². The molecular formula is C14H19BrClNO. The summed E-state index contributed by atoms with van der Waals surface area (Å²) in [4.78, 5) is 0. The van der Waals surface area contributed by atoms with Gasteiger partial charge in [-0.25, -0.2) is 0 Å². The third-order valence-electron chi connectivity index (χ3n) is 2.27. The summed E-state index contributed by atoms with van der Waals surface area (Å²) in [5.41, 5.74) is 1.07. The molecule has 0 unspecified atom stereocenters. The Balaban J connectivity index is 2.67. The maximum Gasteiger partial charge on any atom is 0.124 e. The third-order valence-corrected chi connectivity index (χ3v) is 2.74. The normalized spacial score (nSPS) is 10.7. The molecule has 0 aliphatic heterocycles. The van der Waals surface area contributed by atoms with Crippen molar-refractivity contribution in [1.29, 1.82) is 0 Å². The lowest BCUT2D eigenvalue weighted by molar-refractivity contribution is 0.355. The van der Waals surface area contributed by atoms with Gasteiger partial charge < -0.3 is 10.1 Å². The van der Waals surface area contributed by atoms with E-state index in [1.165, 1.54) is 0 Å². The molecule has 0 fully saturated rings. The van der Waals surface area contributed by atoms with Crippen LogP contribution in [0.15, 0.2) is 29.3 Å². The third kappa shape index (κ3) is 5.89. The Bertz CT molecular complexity index is 407. The van der Waals surface area contributed by atoms with Crippen molar-refractivity contribution < 1.29 is 4.74 Å². The fourth-order valence-corrected chi connectivity index (χ4v) is 1.79. The SMILES string of the molecule is C=C(Br)COc1ccc(Cl)cc1CNCC(C)C. The highest BCUT2D eigenvalue weighted by atomic mass is 79.9. The van der Waals surface area contributed by atoms with Gasteiger partial charge in [-0.05, 0) is 30.7 Å². The van der Waals surface area contributed by atoms with E-state index in [2.05, 4.69) is 41.7 Å². The van der Waals surface area contributed by atoms with E-state index >= 15 is 0 Å². The molecule has 1 aromatic rings. The molecule has 0 spiro atoms. The molecule has 0 aliphatic rings. The van der Waals surface area contributed by atoms with E-state index in [0.29, 0.717) is 12.5 Å². The van der Waals surface area contributed by atoms with Crippen LogP contribution in [0.5, 0.6) is 5.75 Å². The largest absolute Gasteiger partial charge is 0.488 e. The van der Waals surface area contributed by atoms with Gasteiger partial charge in [-0.1, -0.05) is 48.0 Å². The highest BCUT2D eigenvalue weighted by molar-refractivity contribution is 9.11. The molecule has 1 aromatic carbocycles. The highest BCUT2D eigenvalue weighted by Gasteiger charge is 2.05. The van der Waals surface area contributed by atoms with Gasteiger partial charge in [-0.3, -0.25) is 0 Å². The maximum absolute atomic E-state index is 6.01. The summed E-state index contributed by atoms with van der Waals surface area (Å²) in [6.07, 6.45) is 0. The monoisotopic (exact) mass is 331 g/mol. The first-order valence-electron chi connectivity index (χ1n) is 5.94. The van der Waals surface area contributed by atoms with Crippen LogP contribution in [0.1, 0.15) is 19.4 Å². The average Bonchev–Trinajstić information content (AvgIpc) is 2.27. The smallest absolute Gasteiger partial charge is 0.124 e. The molecule has 1 N–H and O–H groups in total. The first-order chi connectivity index (χ1) is 8.49. The van der Waals surface area contributed by atoms with Gasteiger partial charge in [0.05, 0.1) is 0 Å². The predicted octanol–water partition coefficient (Wildman–Crippen LogP) is 4.37. The lowest BCUT2D eigenvalue weighted by atomic mass is 10.2. The van der Waals surface area contributed by atoms with Crippen LogP contribution in [0.3, 0.4) is 0 Å². The van der Waals surface area contributed by atoms with Crippen LogP contribution in [0.4, 0.5) is 0 Å². The van der Waals surface area contributed by atoms with Crippen molar-refractivity contribution in [2.75, 3.05) is 13.2 Å². The molecule has 100 valence electrons. The van der Waals surface area contributed by atoms with Gasteiger partial charge >= 0.3 is 0 Å². The van der Waals surface area contributed by atoms with Gasteiger partial charge in [0, 0.05) is 21.6 Å². The number of hydrogen-bond acceptors (Lipinski definition) is 2. The zero-order chi connectivity index (χ0) is 13.5. The molecule has 0 saturated heterocycles. The fourth-order valence-electron chi connectivity index (χ4n) is 1.48. The zero-order valence-corrected chi connectivity index (χ0v) is 13.1. The van der Waals surface area contributed by atoms with E-state index in [1.807, 2.05) is 18.2 Å². The number of nitrogens with one attached hydrogen (secondary N) is 1. The van der Waals surface area contributed by atoms with Crippen LogP contribution in [0.25, 0.3) is 0 Å². The number of benzene rings is 1. The van der Waals surface area contributed by atoms with Gasteiger partial charge in [-0.2, -0.15) is 0 Å². The molecule has 0 radical (unpaired) electrons. The van der Waals surface area contributed by atoms with Gasteiger partial charge in [0.15, 0.2) is 0 Å². The minimum atomic E-state index is 0.457. The van der Waals surface area contributed by atoms with Crippen LogP contribution < -0.4 is 10.1 Å². The number of rotatable bonds is 7. The Morgan fingerprint density at radius 1 is 1.50 bits per heavy atom. The van der Waals surface area contributed by atoms with Crippen LogP contribution in [0.2, 0.25) is 5.02 Å². The van der Waals surface area contributed by atoms with Gasteiger partial charge in [0.2, 0.25) is 0 Å². The molecule has 0 heterocycles. The molecule has 0 saturated carbocycles. The fraction of sp³-hybridized carbons (Fsp3) is 0.429. The van der Waals surface area contributed by atoms with Crippen LogP contribution >= 0.6 is 27.5 Å². The van der Waals surface area contributed by atoms with E-state index in [-0.39, 0.29) is 0 Å². The molecular weight excluding hydrogens is 314 g/mol. The maximum atomic E-state index is 6.01. The van der Waals surface area contributed by atoms with Crippen LogP contribution in [-0.4, -0.2) is 13.2 Å². The second-order valence-electron chi connectivity index (χ2n) is 4.58. The Hall–Kier alpha value is -0.510. The molecule has 4 heteroatoms. The van der Waals surface area contributed by atoms with Gasteiger partial charge in [0.1, 0.15) is 12.4 Å². The molecule has 0 amide bonds. The Kier molecular flexibility index (Phi) is 6.76. The summed E-state index contributed by atoms with van der Waals surface area (Å²) >= 11 is 9.29. The van der Waals surface area contributed by atoms with E-state index in [1.54, 1.807) is 0 Å². The molecule has 18 heavy (non-hydrogen) atoms. The Labute approximate surface area is 122 Å². The summed E-state index contributed by atoms with van der Waals surface area (Å²) in [5.74, 6) is 1.46. The second-order valence-corrected chi connectivity index (χ2v) is 6.14. The van der Waals surface area contributed by atoms with Gasteiger partial charge in [-0.15, -0.1) is 0 Å². The van der Waals surface area contributed by atoms with Crippen molar-refractivity contribution in [3.05, 3.63) is 39.8 Å². The van der Waals surface area contributed by atoms with Crippen molar-refractivity contribution in [3.8, 4) is 5.75 Å². The molecule has 0 aromatic heterocycles. The number of ether oxygens (including phenoxy) is 1. The van der Waals surface area contributed by atoms with E-state index < -0.39 is 0 Å². The Morgan fingerprint density at radius 2 is 2.22 bits per heavy atom. The first-order valence-corrected chi connectivity index (χ1v) is 7.11. The summed E-state index contributed by atoms with van der Waals surface area (Å²) in [6, 6.07) is 5.66. The van der Waals surface area contributed by atoms with Crippen molar-refractivity contribution in [3.63, 3.8) is 0 Å². The van der Waals surface area contributed by atoms with Crippen molar-refractivity contribution >= 4 is 27.5 Å². The average molecular weight is 333 g/mol. The molecule has 0 atom stereocenters. The van der Waals surface area contributed by atoms with E-state index in [0.717, 1.165) is 33.9 Å². The number of hydrogen-bond donors (Lipinski definition) is 1. The lowest BCUT2D eigenvalue weighted by Gasteiger charge is -2.13. The zero-order valence-electron chi connectivity index (χ0n) is 10.8. The molecule has 0 aliphatic carbocycles.